The first-order valence-corrected chi connectivity index (χ1v) is 6.72. The summed E-state index contributed by atoms with van der Waals surface area (Å²) < 4.78 is 5.25. The number of hydrogen-bond donors (Lipinski definition) is 2. The molecule has 3 aliphatic rings. The van der Waals surface area contributed by atoms with Crippen LogP contribution in [-0.2, 0) is 4.74 Å². The maximum absolute atomic E-state index is 11.8. The smallest absolute Gasteiger partial charge is 0.315 e. The average Bonchev–Trinajstić information content (AvgIpc) is 2.97. The van der Waals surface area contributed by atoms with Gasteiger partial charge in [-0.05, 0) is 32.2 Å². The Balaban J connectivity index is 1.47. The molecule has 0 aromatic rings. The minimum absolute atomic E-state index is 0.0146. The Kier molecular flexibility index (Phi) is 3.20. The van der Waals surface area contributed by atoms with Gasteiger partial charge in [-0.2, -0.15) is 0 Å². The number of carbonyl (C=O) groups excluding carboxylic acids is 1. The van der Waals surface area contributed by atoms with Gasteiger partial charge >= 0.3 is 6.03 Å². The maximum atomic E-state index is 11.8. The fourth-order valence-corrected chi connectivity index (χ4v) is 3.29. The van der Waals surface area contributed by atoms with Crippen LogP contribution in [0.5, 0.6) is 0 Å². The van der Waals surface area contributed by atoms with Gasteiger partial charge in [0.15, 0.2) is 0 Å². The summed E-state index contributed by atoms with van der Waals surface area (Å²) >= 11 is 0. The molecular formula is C12H21N3O2. The highest BCUT2D eigenvalue weighted by atomic mass is 16.5. The monoisotopic (exact) mass is 239 g/mol. The van der Waals surface area contributed by atoms with Gasteiger partial charge in [0.25, 0.3) is 0 Å². The number of fused-ring (bicyclic) bond motifs is 1. The molecule has 96 valence electrons. The maximum Gasteiger partial charge on any atom is 0.315 e. The Hall–Kier alpha value is -0.810. The fraction of sp³-hybridized carbons (Fsp3) is 0.917. The summed E-state index contributed by atoms with van der Waals surface area (Å²) in [6, 6.07) is 1.12. The molecule has 3 unspecified atom stereocenters. The van der Waals surface area contributed by atoms with E-state index in [2.05, 4.69) is 15.5 Å². The molecule has 0 aliphatic carbocycles. The van der Waals surface area contributed by atoms with Crippen LogP contribution < -0.4 is 10.6 Å². The van der Waals surface area contributed by atoms with Crippen LogP contribution in [0.3, 0.4) is 0 Å². The molecule has 17 heavy (non-hydrogen) atoms. The SMILES string of the molecule is O=C(NC1CCOC1)NC1CCN2CCCC12. The van der Waals surface area contributed by atoms with E-state index in [1.807, 2.05) is 0 Å². The van der Waals surface area contributed by atoms with Gasteiger partial charge in [0.2, 0.25) is 0 Å². The quantitative estimate of drug-likeness (QED) is 0.729. The zero-order chi connectivity index (χ0) is 11.7. The molecule has 0 aromatic carbocycles. The molecule has 3 fully saturated rings. The second-order valence-electron chi connectivity index (χ2n) is 5.32. The van der Waals surface area contributed by atoms with Crippen LogP contribution in [-0.4, -0.2) is 55.4 Å². The predicted octanol–water partition coefficient (Wildman–Crippen LogP) is 0.311. The number of urea groups is 1. The van der Waals surface area contributed by atoms with Crippen LogP contribution in [0.1, 0.15) is 25.7 Å². The Morgan fingerprint density at radius 3 is 2.94 bits per heavy atom. The lowest BCUT2D eigenvalue weighted by Crippen LogP contribution is -2.49. The Morgan fingerprint density at radius 2 is 2.12 bits per heavy atom. The van der Waals surface area contributed by atoms with Crippen LogP contribution in [0.4, 0.5) is 4.79 Å². The van der Waals surface area contributed by atoms with E-state index in [1.165, 1.54) is 19.4 Å². The van der Waals surface area contributed by atoms with Crippen molar-refractivity contribution in [1.82, 2.24) is 15.5 Å². The van der Waals surface area contributed by atoms with Crippen LogP contribution in [0, 0.1) is 0 Å². The van der Waals surface area contributed by atoms with Crippen molar-refractivity contribution in [2.45, 2.75) is 43.8 Å². The van der Waals surface area contributed by atoms with E-state index in [0.717, 1.165) is 26.0 Å². The summed E-state index contributed by atoms with van der Waals surface area (Å²) in [7, 11) is 0. The molecule has 0 aromatic heterocycles. The Morgan fingerprint density at radius 1 is 1.18 bits per heavy atom. The summed E-state index contributed by atoms with van der Waals surface area (Å²) in [5.74, 6) is 0. The van der Waals surface area contributed by atoms with Gasteiger partial charge in [-0.25, -0.2) is 4.79 Å². The van der Waals surface area contributed by atoms with Crippen molar-refractivity contribution in [3.63, 3.8) is 0 Å². The molecule has 3 aliphatic heterocycles. The van der Waals surface area contributed by atoms with E-state index in [-0.39, 0.29) is 12.1 Å². The molecule has 5 nitrogen and oxygen atoms in total. The van der Waals surface area contributed by atoms with Gasteiger partial charge in [-0.1, -0.05) is 0 Å². The normalized spacial score (nSPS) is 37.1. The second-order valence-corrected chi connectivity index (χ2v) is 5.32. The number of hydrogen-bond acceptors (Lipinski definition) is 3. The molecule has 3 rings (SSSR count). The first kappa shape index (κ1) is 11.3. The van der Waals surface area contributed by atoms with E-state index in [9.17, 15) is 4.79 Å². The second kappa shape index (κ2) is 4.82. The largest absolute Gasteiger partial charge is 0.379 e. The lowest BCUT2D eigenvalue weighted by atomic mass is 10.1. The molecule has 5 heteroatoms. The van der Waals surface area contributed by atoms with E-state index in [4.69, 9.17) is 4.74 Å². The summed E-state index contributed by atoms with van der Waals surface area (Å²) in [4.78, 5) is 14.4. The number of rotatable bonds is 2. The zero-order valence-electron chi connectivity index (χ0n) is 10.2. The molecule has 3 heterocycles. The lowest BCUT2D eigenvalue weighted by Gasteiger charge is -2.22. The average molecular weight is 239 g/mol. The minimum atomic E-state index is -0.0146. The van der Waals surface area contributed by atoms with Gasteiger partial charge in [0.1, 0.15) is 0 Å². The molecule has 0 saturated carbocycles. The van der Waals surface area contributed by atoms with Crippen molar-refractivity contribution in [3.8, 4) is 0 Å². The van der Waals surface area contributed by atoms with Crippen LogP contribution in [0.25, 0.3) is 0 Å². The predicted molar refractivity (Wildman–Crippen MR) is 63.9 cm³/mol. The van der Waals surface area contributed by atoms with E-state index < -0.39 is 0 Å². The van der Waals surface area contributed by atoms with Crippen molar-refractivity contribution in [3.05, 3.63) is 0 Å². The van der Waals surface area contributed by atoms with Gasteiger partial charge in [0.05, 0.1) is 12.6 Å². The first-order chi connectivity index (χ1) is 8.33. The topological polar surface area (TPSA) is 53.6 Å². The van der Waals surface area contributed by atoms with E-state index in [0.29, 0.717) is 18.7 Å². The van der Waals surface area contributed by atoms with Crippen LogP contribution in [0.15, 0.2) is 0 Å². The zero-order valence-corrected chi connectivity index (χ0v) is 10.2. The van der Waals surface area contributed by atoms with Crippen molar-refractivity contribution >= 4 is 6.03 Å². The highest BCUT2D eigenvalue weighted by Gasteiger charge is 2.37. The summed E-state index contributed by atoms with van der Waals surface area (Å²) in [5, 5.41) is 6.12. The lowest BCUT2D eigenvalue weighted by molar-refractivity contribution is 0.187. The Bertz CT molecular complexity index is 291. The third kappa shape index (κ3) is 2.40. The summed E-state index contributed by atoms with van der Waals surface area (Å²) in [6.45, 7) is 3.78. The molecule has 0 bridgehead atoms. The number of nitrogens with zero attached hydrogens (tertiary/aromatic N) is 1. The minimum Gasteiger partial charge on any atom is -0.379 e. The Labute approximate surface area is 102 Å². The van der Waals surface area contributed by atoms with Crippen LogP contribution in [0.2, 0.25) is 0 Å². The van der Waals surface area contributed by atoms with Crippen molar-refractivity contribution in [1.29, 1.82) is 0 Å². The van der Waals surface area contributed by atoms with Gasteiger partial charge in [0, 0.05) is 25.2 Å². The standard InChI is InChI=1S/C12H21N3O2/c16-12(13-9-4-7-17-8-9)14-10-3-6-15-5-1-2-11(10)15/h9-11H,1-8H2,(H2,13,14,16). The molecule has 0 spiro atoms. The third-order valence-corrected chi connectivity index (χ3v) is 4.19. The van der Waals surface area contributed by atoms with Crippen molar-refractivity contribution in [2.75, 3.05) is 26.3 Å². The number of ether oxygens (including phenoxy) is 1. The number of nitrogens with one attached hydrogen (secondary N) is 2. The van der Waals surface area contributed by atoms with Crippen molar-refractivity contribution in [2.24, 2.45) is 0 Å². The first-order valence-electron chi connectivity index (χ1n) is 6.72. The van der Waals surface area contributed by atoms with Crippen molar-refractivity contribution < 1.29 is 9.53 Å². The fourth-order valence-electron chi connectivity index (χ4n) is 3.29. The molecule has 0 radical (unpaired) electrons. The van der Waals surface area contributed by atoms with Gasteiger partial charge in [-0.15, -0.1) is 0 Å². The number of amides is 2. The highest BCUT2D eigenvalue weighted by Crippen LogP contribution is 2.27. The van der Waals surface area contributed by atoms with E-state index >= 15 is 0 Å². The highest BCUT2D eigenvalue weighted by molar-refractivity contribution is 5.74. The molecule has 3 atom stereocenters. The molecular weight excluding hydrogens is 218 g/mol. The summed E-state index contributed by atoms with van der Waals surface area (Å²) in [5.41, 5.74) is 0. The van der Waals surface area contributed by atoms with Gasteiger partial charge in [-0.3, -0.25) is 4.90 Å². The molecule has 2 amide bonds. The molecule has 2 N–H and O–H groups in total. The van der Waals surface area contributed by atoms with Crippen LogP contribution >= 0.6 is 0 Å². The van der Waals surface area contributed by atoms with Gasteiger partial charge < -0.3 is 15.4 Å². The molecule has 3 saturated heterocycles. The van der Waals surface area contributed by atoms with E-state index in [1.54, 1.807) is 0 Å². The number of carbonyl (C=O) groups is 1. The summed E-state index contributed by atoms with van der Waals surface area (Å²) in [6.07, 6.45) is 4.55. The third-order valence-electron chi connectivity index (χ3n) is 4.19.